The third kappa shape index (κ3) is 3.59. The molecule has 2 aromatic carbocycles. The van der Waals surface area contributed by atoms with Crippen LogP contribution in [0.2, 0.25) is 0 Å². The molecule has 8 heteroatoms. The standard InChI is InChI=1S/C19H17N7O/c1-13-16(15-9-5-6-10-17(15)21-13)11-20-22-18(27)12-26-24-19(23-25-26)14-7-3-2-4-8-14/h2-11,21H,12H2,1H3,(H,22,27)/b20-11-. The van der Waals surface area contributed by atoms with Crippen LogP contribution in [0.1, 0.15) is 11.3 Å². The average molecular weight is 359 g/mol. The number of hydrogen-bond donors (Lipinski definition) is 2. The molecule has 8 nitrogen and oxygen atoms in total. The van der Waals surface area contributed by atoms with Gasteiger partial charge in [0.05, 0.1) is 6.21 Å². The molecule has 2 heterocycles. The Hall–Kier alpha value is -3.81. The van der Waals surface area contributed by atoms with E-state index in [2.05, 4.69) is 30.9 Å². The normalized spacial score (nSPS) is 11.3. The van der Waals surface area contributed by atoms with Crippen molar-refractivity contribution in [1.29, 1.82) is 0 Å². The van der Waals surface area contributed by atoms with Crippen LogP contribution in [0.3, 0.4) is 0 Å². The molecule has 0 aliphatic heterocycles. The van der Waals surface area contributed by atoms with Crippen molar-refractivity contribution in [3.63, 3.8) is 0 Å². The first kappa shape index (κ1) is 16.6. The van der Waals surface area contributed by atoms with E-state index in [0.29, 0.717) is 5.82 Å². The molecular weight excluding hydrogens is 342 g/mol. The summed E-state index contributed by atoms with van der Waals surface area (Å²) in [4.78, 5) is 16.6. The third-order valence-corrected chi connectivity index (χ3v) is 4.10. The minimum absolute atomic E-state index is 0.0654. The van der Waals surface area contributed by atoms with Crippen molar-refractivity contribution in [3.8, 4) is 11.4 Å². The molecule has 0 bridgehead atoms. The van der Waals surface area contributed by atoms with Gasteiger partial charge in [-0.25, -0.2) is 5.43 Å². The summed E-state index contributed by atoms with van der Waals surface area (Å²) < 4.78 is 0. The van der Waals surface area contributed by atoms with Gasteiger partial charge in [-0.1, -0.05) is 48.5 Å². The molecule has 0 atom stereocenters. The Labute approximate surface area is 154 Å². The van der Waals surface area contributed by atoms with Crippen LogP contribution >= 0.6 is 0 Å². The fourth-order valence-electron chi connectivity index (χ4n) is 2.81. The number of tetrazole rings is 1. The summed E-state index contributed by atoms with van der Waals surface area (Å²) >= 11 is 0. The van der Waals surface area contributed by atoms with Crippen LogP contribution in [-0.4, -0.2) is 37.3 Å². The SMILES string of the molecule is Cc1[nH]c2ccccc2c1/C=N\NC(=O)Cn1nnc(-c2ccccc2)n1. The van der Waals surface area contributed by atoms with E-state index in [-0.39, 0.29) is 12.5 Å². The Morgan fingerprint density at radius 3 is 2.81 bits per heavy atom. The molecule has 134 valence electrons. The maximum atomic E-state index is 12.1. The molecule has 0 aliphatic carbocycles. The van der Waals surface area contributed by atoms with Gasteiger partial charge in [-0.3, -0.25) is 4.79 Å². The Morgan fingerprint density at radius 1 is 1.19 bits per heavy atom. The number of para-hydroxylation sites is 1. The number of amides is 1. The van der Waals surface area contributed by atoms with Crippen molar-refractivity contribution < 1.29 is 4.79 Å². The number of benzene rings is 2. The highest BCUT2D eigenvalue weighted by molar-refractivity contribution is 6.00. The van der Waals surface area contributed by atoms with Crippen molar-refractivity contribution in [2.24, 2.45) is 5.10 Å². The molecule has 2 N–H and O–H groups in total. The second kappa shape index (κ2) is 7.20. The predicted molar refractivity (Wildman–Crippen MR) is 102 cm³/mol. The molecule has 0 fully saturated rings. The quantitative estimate of drug-likeness (QED) is 0.422. The number of H-pyrrole nitrogens is 1. The number of hydrogen-bond acceptors (Lipinski definition) is 5. The van der Waals surface area contributed by atoms with Crippen molar-refractivity contribution in [2.45, 2.75) is 13.5 Å². The van der Waals surface area contributed by atoms with Gasteiger partial charge in [-0.05, 0) is 18.2 Å². The number of carbonyl (C=O) groups is 1. The molecule has 0 saturated carbocycles. The zero-order valence-electron chi connectivity index (χ0n) is 14.6. The number of aromatic nitrogens is 5. The summed E-state index contributed by atoms with van der Waals surface area (Å²) in [5, 5.41) is 17.2. The minimum Gasteiger partial charge on any atom is -0.358 e. The smallest absolute Gasteiger partial charge is 0.263 e. The summed E-state index contributed by atoms with van der Waals surface area (Å²) in [7, 11) is 0. The van der Waals surface area contributed by atoms with Crippen LogP contribution in [0, 0.1) is 6.92 Å². The van der Waals surface area contributed by atoms with Gasteiger partial charge >= 0.3 is 0 Å². The topological polar surface area (TPSA) is 101 Å². The van der Waals surface area contributed by atoms with Crippen LogP contribution in [0.4, 0.5) is 0 Å². The lowest BCUT2D eigenvalue weighted by Gasteiger charge is -1.98. The first-order valence-corrected chi connectivity index (χ1v) is 8.43. The van der Waals surface area contributed by atoms with Crippen LogP contribution < -0.4 is 5.43 Å². The summed E-state index contributed by atoms with van der Waals surface area (Å²) in [5.41, 5.74) is 6.30. The maximum Gasteiger partial charge on any atom is 0.263 e. The number of hydrazone groups is 1. The van der Waals surface area contributed by atoms with E-state index in [0.717, 1.165) is 27.7 Å². The highest BCUT2D eigenvalue weighted by atomic mass is 16.2. The van der Waals surface area contributed by atoms with Crippen molar-refractivity contribution in [1.82, 2.24) is 30.6 Å². The first-order valence-electron chi connectivity index (χ1n) is 8.43. The monoisotopic (exact) mass is 359 g/mol. The van der Waals surface area contributed by atoms with Gasteiger partial charge < -0.3 is 4.98 Å². The van der Waals surface area contributed by atoms with Crippen LogP contribution in [0.15, 0.2) is 59.7 Å². The largest absolute Gasteiger partial charge is 0.358 e. The zero-order chi connectivity index (χ0) is 18.6. The van der Waals surface area contributed by atoms with E-state index in [4.69, 9.17) is 0 Å². The molecule has 0 unspecified atom stereocenters. The van der Waals surface area contributed by atoms with Gasteiger partial charge in [0.15, 0.2) is 0 Å². The molecule has 4 aromatic rings. The van der Waals surface area contributed by atoms with E-state index in [1.54, 1.807) is 6.21 Å². The lowest BCUT2D eigenvalue weighted by Crippen LogP contribution is -2.24. The third-order valence-electron chi connectivity index (χ3n) is 4.10. The molecule has 0 aliphatic rings. The number of aromatic amines is 1. The lowest BCUT2D eigenvalue weighted by atomic mass is 10.1. The lowest BCUT2D eigenvalue weighted by molar-refractivity contribution is -0.122. The van der Waals surface area contributed by atoms with E-state index in [1.807, 2.05) is 61.5 Å². The molecule has 0 radical (unpaired) electrons. The van der Waals surface area contributed by atoms with Gasteiger partial charge in [0.25, 0.3) is 5.91 Å². The summed E-state index contributed by atoms with van der Waals surface area (Å²) in [6, 6.07) is 17.4. The predicted octanol–water partition coefficient (Wildman–Crippen LogP) is 2.28. The molecule has 0 spiro atoms. The van der Waals surface area contributed by atoms with E-state index < -0.39 is 0 Å². The minimum atomic E-state index is -0.333. The number of fused-ring (bicyclic) bond motifs is 1. The summed E-state index contributed by atoms with van der Waals surface area (Å²) in [6.45, 7) is 1.90. The Kier molecular flexibility index (Phi) is 4.44. The molecule has 1 amide bonds. The van der Waals surface area contributed by atoms with Gasteiger partial charge in [0, 0.05) is 27.7 Å². The second-order valence-electron chi connectivity index (χ2n) is 6.01. The fraction of sp³-hybridized carbons (Fsp3) is 0.105. The highest BCUT2D eigenvalue weighted by Crippen LogP contribution is 2.19. The number of rotatable bonds is 5. The fourth-order valence-corrected chi connectivity index (χ4v) is 2.81. The Bertz CT molecular complexity index is 1110. The van der Waals surface area contributed by atoms with Crippen LogP contribution in [0.5, 0.6) is 0 Å². The van der Waals surface area contributed by atoms with Gasteiger partial charge in [0.1, 0.15) is 6.54 Å². The summed E-state index contributed by atoms with van der Waals surface area (Å²) in [5.74, 6) is 0.141. The molecule has 27 heavy (non-hydrogen) atoms. The van der Waals surface area contributed by atoms with Crippen LogP contribution in [-0.2, 0) is 11.3 Å². The second-order valence-corrected chi connectivity index (χ2v) is 6.01. The van der Waals surface area contributed by atoms with E-state index in [1.165, 1.54) is 4.80 Å². The Balaban J connectivity index is 1.41. The van der Waals surface area contributed by atoms with Crippen molar-refractivity contribution in [3.05, 3.63) is 65.9 Å². The van der Waals surface area contributed by atoms with Crippen LogP contribution in [0.25, 0.3) is 22.3 Å². The number of nitrogens with one attached hydrogen (secondary N) is 2. The first-order chi connectivity index (χ1) is 13.2. The van der Waals surface area contributed by atoms with Gasteiger partial charge in [-0.15, -0.1) is 10.2 Å². The molecule has 2 aromatic heterocycles. The van der Waals surface area contributed by atoms with E-state index >= 15 is 0 Å². The average Bonchev–Trinajstić information content (AvgIpc) is 3.27. The van der Waals surface area contributed by atoms with Gasteiger partial charge in [-0.2, -0.15) is 9.90 Å². The number of carbonyl (C=O) groups excluding carboxylic acids is 1. The Morgan fingerprint density at radius 2 is 1.96 bits per heavy atom. The molecule has 0 saturated heterocycles. The summed E-state index contributed by atoms with van der Waals surface area (Å²) in [6.07, 6.45) is 1.64. The van der Waals surface area contributed by atoms with E-state index in [9.17, 15) is 4.79 Å². The molecule has 4 rings (SSSR count). The zero-order valence-corrected chi connectivity index (χ0v) is 14.6. The number of aryl methyl sites for hydroxylation is 1. The highest BCUT2D eigenvalue weighted by Gasteiger charge is 2.09. The van der Waals surface area contributed by atoms with Gasteiger partial charge in [0.2, 0.25) is 5.82 Å². The maximum absolute atomic E-state index is 12.1. The van der Waals surface area contributed by atoms with Crippen molar-refractivity contribution >= 4 is 23.0 Å². The number of nitrogens with zero attached hydrogens (tertiary/aromatic N) is 5. The van der Waals surface area contributed by atoms with Crippen molar-refractivity contribution in [2.75, 3.05) is 0 Å². The molecular formula is C19H17N7O.